The Morgan fingerprint density at radius 2 is 2.03 bits per heavy atom. The summed E-state index contributed by atoms with van der Waals surface area (Å²) in [7, 11) is 0. The third-order valence-electron chi connectivity index (χ3n) is 4.92. The predicted octanol–water partition coefficient (Wildman–Crippen LogP) is 3.68. The van der Waals surface area contributed by atoms with Crippen molar-refractivity contribution in [1.29, 1.82) is 0 Å². The van der Waals surface area contributed by atoms with Crippen molar-refractivity contribution < 1.29 is 19.4 Å². The van der Waals surface area contributed by atoms with Crippen molar-refractivity contribution in [2.24, 2.45) is 0 Å². The highest BCUT2D eigenvalue weighted by Crippen LogP contribution is 2.29. The van der Waals surface area contributed by atoms with Gasteiger partial charge in [-0.1, -0.05) is 12.1 Å². The highest BCUT2D eigenvalue weighted by atomic mass is 16.6. The van der Waals surface area contributed by atoms with Crippen LogP contribution in [-0.2, 0) is 11.3 Å². The van der Waals surface area contributed by atoms with Gasteiger partial charge in [0.2, 0.25) is 5.88 Å². The summed E-state index contributed by atoms with van der Waals surface area (Å²) in [5.41, 5.74) is 8.11. The van der Waals surface area contributed by atoms with Crippen LogP contribution in [0.3, 0.4) is 0 Å². The number of hydrogen-bond acceptors (Lipinski definition) is 7. The van der Waals surface area contributed by atoms with E-state index in [1.165, 1.54) is 0 Å². The lowest BCUT2D eigenvalue weighted by Crippen LogP contribution is -2.37. The number of hydrogen-bond donors (Lipinski definition) is 2. The fraction of sp³-hybridized carbons (Fsp3) is 0.409. The molecule has 0 atom stereocenters. The summed E-state index contributed by atoms with van der Waals surface area (Å²) in [6, 6.07) is 9.18. The number of imidazole rings is 1. The van der Waals surface area contributed by atoms with Crippen molar-refractivity contribution >= 4 is 28.6 Å². The fourth-order valence-electron chi connectivity index (χ4n) is 3.54. The van der Waals surface area contributed by atoms with Crippen molar-refractivity contribution in [2.45, 2.75) is 45.8 Å². The lowest BCUT2D eigenvalue weighted by molar-refractivity contribution is 0.0579. The summed E-state index contributed by atoms with van der Waals surface area (Å²) in [6.07, 6.45) is 1.04. The standard InChI is InChI=1S/C22H27N5O4/c1-22(2,3)31-21(29)26-9-4-5-10-30-17-12-16-18(19(23)24-17)25-20(28)27(16)13-14-7-6-8-15(26)11-14/h6-8,11-12H,4-5,9-10,13H2,1-3H3,(H2,23,24)(H,25,28). The van der Waals surface area contributed by atoms with Crippen molar-refractivity contribution in [1.82, 2.24) is 14.5 Å². The van der Waals surface area contributed by atoms with E-state index in [1.54, 1.807) is 15.5 Å². The van der Waals surface area contributed by atoms with Crippen molar-refractivity contribution in [3.8, 4) is 11.9 Å². The molecule has 1 aromatic carbocycles. The SMILES string of the molecule is CC(C)(C)OC(=O)N1CCCCOc2cc3c(nc(O)n3Cc3cccc1c3)c(N)n2. The molecule has 0 radical (unpaired) electrons. The number of pyridine rings is 1. The van der Waals surface area contributed by atoms with Crippen LogP contribution in [0.4, 0.5) is 16.3 Å². The maximum absolute atomic E-state index is 12.9. The summed E-state index contributed by atoms with van der Waals surface area (Å²) in [5.74, 6) is 0.583. The second-order valence-corrected chi connectivity index (χ2v) is 8.57. The van der Waals surface area contributed by atoms with Gasteiger partial charge in [0, 0.05) is 18.3 Å². The highest BCUT2D eigenvalue weighted by molar-refractivity contribution is 5.88. The van der Waals surface area contributed by atoms with Gasteiger partial charge >= 0.3 is 6.09 Å². The number of benzene rings is 1. The van der Waals surface area contributed by atoms with Gasteiger partial charge in [-0.25, -0.2) is 4.79 Å². The minimum Gasteiger partial charge on any atom is -0.480 e. The predicted molar refractivity (Wildman–Crippen MR) is 117 cm³/mol. The molecule has 4 rings (SSSR count). The maximum Gasteiger partial charge on any atom is 0.414 e. The average Bonchev–Trinajstić information content (AvgIpc) is 2.99. The topological polar surface area (TPSA) is 116 Å². The number of nitrogens with two attached hydrogens (primary N) is 1. The Kier molecular flexibility index (Phi) is 5.34. The molecule has 1 aliphatic heterocycles. The summed E-state index contributed by atoms with van der Waals surface area (Å²) in [4.78, 5) is 22.9. The van der Waals surface area contributed by atoms with Crippen LogP contribution in [0.15, 0.2) is 30.3 Å². The van der Waals surface area contributed by atoms with Gasteiger partial charge in [0.25, 0.3) is 6.01 Å². The Morgan fingerprint density at radius 3 is 2.81 bits per heavy atom. The molecule has 0 saturated heterocycles. The Bertz CT molecular complexity index is 1120. The van der Waals surface area contributed by atoms with Crippen LogP contribution in [0, 0.1) is 0 Å². The van der Waals surface area contributed by atoms with Crippen LogP contribution in [0.2, 0.25) is 0 Å². The average molecular weight is 425 g/mol. The van der Waals surface area contributed by atoms with E-state index < -0.39 is 11.7 Å². The van der Waals surface area contributed by atoms with Gasteiger partial charge in [0.15, 0.2) is 5.82 Å². The zero-order valence-electron chi connectivity index (χ0n) is 18.0. The van der Waals surface area contributed by atoms with Gasteiger partial charge in [0.05, 0.1) is 18.7 Å². The van der Waals surface area contributed by atoms with Gasteiger partial charge in [-0.2, -0.15) is 9.97 Å². The summed E-state index contributed by atoms with van der Waals surface area (Å²) >= 11 is 0. The van der Waals surface area contributed by atoms with Crippen molar-refractivity contribution in [2.75, 3.05) is 23.8 Å². The molecule has 9 nitrogen and oxygen atoms in total. The summed E-state index contributed by atoms with van der Waals surface area (Å²) in [5, 5.41) is 10.4. The molecule has 3 heterocycles. The highest BCUT2D eigenvalue weighted by Gasteiger charge is 2.24. The van der Waals surface area contributed by atoms with Gasteiger partial charge in [-0.3, -0.25) is 9.47 Å². The summed E-state index contributed by atoms with van der Waals surface area (Å²) < 4.78 is 13.0. The third kappa shape index (κ3) is 4.50. The largest absolute Gasteiger partial charge is 0.480 e. The molecule has 0 spiro atoms. The number of nitrogens with zero attached hydrogens (tertiary/aromatic N) is 4. The Morgan fingerprint density at radius 1 is 1.23 bits per heavy atom. The normalized spacial score (nSPS) is 14.9. The van der Waals surface area contributed by atoms with Crippen LogP contribution < -0.4 is 15.4 Å². The Labute approximate surface area is 180 Å². The molecule has 0 fully saturated rings. The molecule has 9 heteroatoms. The van der Waals surface area contributed by atoms with Gasteiger partial charge in [-0.15, -0.1) is 0 Å². The number of fused-ring (bicyclic) bond motifs is 3. The smallest absolute Gasteiger partial charge is 0.414 e. The molecule has 164 valence electrons. The van der Waals surface area contributed by atoms with E-state index in [1.807, 2.05) is 45.0 Å². The van der Waals surface area contributed by atoms with Gasteiger partial charge in [-0.05, 0) is 51.3 Å². The fourth-order valence-corrected chi connectivity index (χ4v) is 3.54. The number of carbonyl (C=O) groups is 1. The maximum atomic E-state index is 12.9. The molecule has 0 unspecified atom stereocenters. The van der Waals surface area contributed by atoms with Crippen molar-refractivity contribution in [3.05, 3.63) is 35.9 Å². The van der Waals surface area contributed by atoms with E-state index in [-0.39, 0.29) is 11.8 Å². The molecule has 1 amide bonds. The number of anilines is 2. The van der Waals surface area contributed by atoms with E-state index in [0.717, 1.165) is 17.7 Å². The lowest BCUT2D eigenvalue weighted by Gasteiger charge is -2.28. The Hall–Kier alpha value is -3.49. The minimum absolute atomic E-state index is 0.165. The molecule has 3 aromatic rings. The number of aromatic hydroxyl groups is 1. The second-order valence-electron chi connectivity index (χ2n) is 8.57. The number of nitrogen functional groups attached to an aromatic ring is 1. The van der Waals surface area contributed by atoms with Crippen molar-refractivity contribution in [3.63, 3.8) is 0 Å². The number of ether oxygens (including phenoxy) is 2. The van der Waals surface area contributed by atoms with Gasteiger partial charge in [0.1, 0.15) is 11.1 Å². The van der Waals surface area contributed by atoms with E-state index in [2.05, 4.69) is 9.97 Å². The van der Waals surface area contributed by atoms with Crippen LogP contribution in [-0.4, -0.2) is 44.5 Å². The first-order chi connectivity index (χ1) is 14.7. The van der Waals surface area contributed by atoms with E-state index in [4.69, 9.17) is 15.2 Å². The quantitative estimate of drug-likeness (QED) is 0.564. The zero-order chi connectivity index (χ0) is 22.2. The lowest BCUT2D eigenvalue weighted by atomic mass is 10.1. The van der Waals surface area contributed by atoms with Gasteiger partial charge < -0.3 is 20.3 Å². The van der Waals surface area contributed by atoms with Crippen LogP contribution >= 0.6 is 0 Å². The third-order valence-corrected chi connectivity index (χ3v) is 4.92. The van der Waals surface area contributed by atoms with E-state index in [9.17, 15) is 9.90 Å². The molecular formula is C22H27N5O4. The summed E-state index contributed by atoms with van der Waals surface area (Å²) in [6.45, 7) is 6.77. The van der Waals surface area contributed by atoms with Crippen LogP contribution in [0.1, 0.15) is 39.2 Å². The molecule has 2 aromatic heterocycles. The first kappa shape index (κ1) is 20.8. The zero-order valence-corrected chi connectivity index (χ0v) is 18.0. The molecule has 3 N–H and O–H groups in total. The van der Waals surface area contributed by atoms with Crippen LogP contribution in [0.25, 0.3) is 11.0 Å². The number of amides is 1. The molecular weight excluding hydrogens is 398 g/mol. The second kappa shape index (κ2) is 7.98. The van der Waals surface area contributed by atoms with Crippen LogP contribution in [0.5, 0.6) is 11.9 Å². The number of aromatic nitrogens is 3. The monoisotopic (exact) mass is 425 g/mol. The molecule has 1 aliphatic rings. The van der Waals surface area contributed by atoms with E-state index in [0.29, 0.717) is 43.0 Å². The van der Waals surface area contributed by atoms with E-state index >= 15 is 0 Å². The number of carbonyl (C=O) groups excluding carboxylic acids is 1. The first-order valence-electron chi connectivity index (χ1n) is 10.3. The molecule has 31 heavy (non-hydrogen) atoms. The first-order valence-corrected chi connectivity index (χ1v) is 10.3. The molecule has 0 aliphatic carbocycles. The Balaban J connectivity index is 1.76. The minimum atomic E-state index is -0.598. The molecule has 0 saturated carbocycles. The number of rotatable bonds is 0. The molecule has 4 bridgehead atoms.